The monoisotopic (exact) mass is 1890 g/mol. The Bertz CT molecular complexity index is 12500. The molecule has 3 aromatic heterocycles. The molecule has 0 N–H and O–H groups in total. The molecule has 0 aliphatic rings. The third-order valence-electron chi connectivity index (χ3n) is 29.6. The van der Waals surface area contributed by atoms with Gasteiger partial charge in [0.2, 0.25) is 0 Å². The number of rotatable bonds is 8. The van der Waals surface area contributed by atoms with Crippen LogP contribution in [0.15, 0.2) is 534 Å². The minimum absolute atomic E-state index is 0.171. The van der Waals surface area contributed by atoms with Crippen molar-refractivity contribution in [1.82, 2.24) is 0 Å². The van der Waals surface area contributed by atoms with Crippen molar-refractivity contribution in [2.24, 2.45) is 0 Å². The molecule has 0 atom stereocenters. The Morgan fingerprint density at radius 3 is 0.701 bits per heavy atom. The second-order valence-corrected chi connectivity index (χ2v) is 37.4. The maximum absolute atomic E-state index is 9.43. The molecule has 3 nitrogen and oxygen atoms in total. The van der Waals surface area contributed by atoms with Crippen molar-refractivity contribution in [2.45, 2.75) is 0 Å². The van der Waals surface area contributed by atoms with Crippen LogP contribution in [0.25, 0.3) is 316 Å². The summed E-state index contributed by atoms with van der Waals surface area (Å²) in [5.74, 6) is 0. The van der Waals surface area contributed by atoms with E-state index in [0.717, 1.165) is 152 Å². The average Bonchev–Trinajstić information content (AvgIpc) is 0.969. The smallest absolute Gasteiger partial charge is 0.136 e. The molecule has 0 amide bonds. The minimum Gasteiger partial charge on any atom is -0.456 e. The van der Waals surface area contributed by atoms with Gasteiger partial charge >= 0.3 is 0 Å². The maximum atomic E-state index is 9.43. The summed E-state index contributed by atoms with van der Waals surface area (Å²) >= 11 is 0. The Balaban J connectivity index is 0.000000113. The van der Waals surface area contributed by atoms with Crippen LogP contribution in [0.3, 0.4) is 0 Å². The summed E-state index contributed by atoms with van der Waals surface area (Å²) < 4.78 is 238. The van der Waals surface area contributed by atoms with Gasteiger partial charge in [-0.2, -0.15) is 0 Å². The van der Waals surface area contributed by atoms with E-state index in [1.54, 1.807) is 18.2 Å². The topological polar surface area (TPSA) is 39.4 Å². The second kappa shape index (κ2) is 33.7. The van der Waals surface area contributed by atoms with Crippen LogP contribution in [0, 0.1) is 0 Å². The van der Waals surface area contributed by atoms with Crippen molar-refractivity contribution in [3.05, 3.63) is 521 Å². The molecule has 680 valence electrons. The van der Waals surface area contributed by atoms with Crippen LogP contribution in [0.2, 0.25) is 0 Å². The van der Waals surface area contributed by atoms with Gasteiger partial charge in [0.1, 0.15) is 33.5 Å². The molecule has 147 heavy (non-hydrogen) atoms. The van der Waals surface area contributed by atoms with E-state index in [2.05, 4.69) is 66.7 Å². The van der Waals surface area contributed by atoms with E-state index < -0.39 is 72.5 Å². The molecule has 0 spiro atoms. The van der Waals surface area contributed by atoms with Crippen LogP contribution in [-0.4, -0.2) is 0 Å². The lowest BCUT2D eigenvalue weighted by Crippen LogP contribution is -1.91. The van der Waals surface area contributed by atoms with Crippen molar-refractivity contribution in [2.75, 3.05) is 0 Å². The summed E-state index contributed by atoms with van der Waals surface area (Å²) in [5, 5.41) is 26.0. The number of furan rings is 3. The first-order valence-electron chi connectivity index (χ1n) is 60.7. The van der Waals surface area contributed by atoms with Crippen LogP contribution in [0.4, 0.5) is 0 Å². The van der Waals surface area contributed by atoms with Crippen LogP contribution >= 0.6 is 0 Å². The Labute approximate surface area is 878 Å². The van der Waals surface area contributed by atoms with Gasteiger partial charge in [-0.1, -0.05) is 454 Å². The standard InChI is InChI=1S/2C50H30O.C44H26O/c1-4-14-37-31(11-1)25-28-47-50(37)45-30-35(26-27-46(45)51-47)49-42-19-9-7-17-40(42)48(41-18-8-10-20-43(41)49)33-23-21-32(22-24-33)44-29-34-12-2-3-13-36(34)38-15-5-6-16-39(38)44;1-3-12-36-31(10-1)24-27-40-37(18-9-19-39(36)40)33-20-22-34(23-21-33)48-41-14-5-7-16-43(41)49(44-17-8-6-15-42(44)48)35-26-28-46-45(30-35)50-38-13-4-2-11-32(38)25-29-47(50)51-46;1-3-11-32-27(9-1)17-18-29-19-20-30(25-38(29)32)42-34-13-5-7-15-36(34)43(37-16-8-6-14-35(37)42)31-22-23-40-39(26-31)44-33-12-4-2-10-28(33)21-24-41(44)45-40/h2*1-30H;1-26H/i7D,8D,9D,10D,17D,18D,19D,20D;5D,6D,7D,8D,14D,15D,16D,17D;5D,6D,7D,8D,13D,14D,15D,16D. The van der Waals surface area contributed by atoms with E-state index in [0.29, 0.717) is 100 Å². The lowest BCUT2D eigenvalue weighted by atomic mass is 9.85. The molecule has 0 aliphatic carbocycles. The molecular weight excluding hydrogens is 1780 g/mol. The van der Waals surface area contributed by atoms with Crippen molar-refractivity contribution in [1.29, 1.82) is 0 Å². The quantitative estimate of drug-likeness (QED) is 0.112. The second-order valence-electron chi connectivity index (χ2n) is 37.4. The van der Waals surface area contributed by atoms with Gasteiger partial charge in [0.05, 0.1) is 32.9 Å². The lowest BCUT2D eigenvalue weighted by molar-refractivity contribution is 0.669. The molecule has 32 rings (SSSR count). The molecule has 0 saturated heterocycles. The Morgan fingerprint density at radius 2 is 0.340 bits per heavy atom. The van der Waals surface area contributed by atoms with Crippen molar-refractivity contribution in [3.63, 3.8) is 0 Å². The van der Waals surface area contributed by atoms with Crippen LogP contribution in [0.5, 0.6) is 0 Å². The van der Waals surface area contributed by atoms with E-state index in [4.69, 9.17) is 29.7 Å². The highest BCUT2D eigenvalue weighted by Crippen LogP contribution is 2.53. The SMILES string of the molecule is [2H]c1c([2H])c([2H])c2c(-c3ccc4oc5ccc6ccccc6c5c4c3)c3c([2H])c([2H])c([2H])c([2H])c3c(-c3ccc(-c4cc5ccccc5c5ccccc45)cc3)c2c1[2H].[2H]c1c([2H])c([2H])c2c(-c3ccc4oc5ccc6ccccc6c5c4c3)c3c([2H])c([2H])c([2H])c([2H])c3c(-c3ccc(-c4cccc5c4ccc4ccccc45)cc3)c2c1[2H].[2H]c1c([2H])c([2H])c2c(-c3ccc4oc5ccc6ccccc6c5c4c3)c3c([2H])c([2H])c([2H])c([2H])c3c(-c3ccc4ccc5ccccc5c4c3)c2c1[2H]. The van der Waals surface area contributed by atoms with Gasteiger partial charge in [-0.15, -0.1) is 0 Å². The highest BCUT2D eigenvalue weighted by Gasteiger charge is 2.26. The normalized spacial score (nSPS) is 14.2. The van der Waals surface area contributed by atoms with E-state index in [-0.39, 0.29) is 137 Å². The molecule has 32 aromatic rings. The number of hydrogen-bond donors (Lipinski definition) is 0. The lowest BCUT2D eigenvalue weighted by Gasteiger charge is -2.18. The van der Waals surface area contributed by atoms with Crippen LogP contribution < -0.4 is 0 Å². The fraction of sp³-hybridized carbons (Fsp3) is 0. The number of fused-ring (bicyclic) bond motifs is 30. The van der Waals surface area contributed by atoms with E-state index >= 15 is 0 Å². The van der Waals surface area contributed by atoms with Crippen molar-refractivity contribution in [3.8, 4) is 89.0 Å². The van der Waals surface area contributed by atoms with Gasteiger partial charge in [0.25, 0.3) is 0 Å². The van der Waals surface area contributed by atoms with Gasteiger partial charge in [0, 0.05) is 32.3 Å². The zero-order chi connectivity index (χ0) is 117. The predicted octanol–water partition coefficient (Wildman–Crippen LogP) is 41.4. The van der Waals surface area contributed by atoms with Gasteiger partial charge in [-0.05, 0) is 317 Å². The molecular formula is C144H86O3. The Kier molecular flexibility index (Phi) is 14.4. The highest BCUT2D eigenvalue weighted by atomic mass is 16.3. The fourth-order valence-electron chi connectivity index (χ4n) is 23.1. The molecule has 3 heteroatoms. The molecule has 0 radical (unpaired) electrons. The molecule has 0 bridgehead atoms. The third-order valence-corrected chi connectivity index (χ3v) is 29.6. The highest BCUT2D eigenvalue weighted by molar-refractivity contribution is 6.30. The van der Waals surface area contributed by atoms with Crippen LogP contribution in [0.1, 0.15) is 32.9 Å². The summed E-state index contributed by atoms with van der Waals surface area (Å²) in [6.07, 6.45) is 0. The number of benzene rings is 29. The Morgan fingerprint density at radius 1 is 0.122 bits per heavy atom. The summed E-state index contributed by atoms with van der Waals surface area (Å²) in [5.41, 5.74) is 13.0. The summed E-state index contributed by atoms with van der Waals surface area (Å²) in [7, 11) is 0. The average molecular weight is 1890 g/mol. The fourth-order valence-corrected chi connectivity index (χ4v) is 23.1. The van der Waals surface area contributed by atoms with Crippen LogP contribution in [-0.2, 0) is 0 Å². The third kappa shape index (κ3) is 13.4. The van der Waals surface area contributed by atoms with Gasteiger partial charge < -0.3 is 13.3 Å². The minimum atomic E-state index is -0.436. The molecule has 0 fully saturated rings. The van der Waals surface area contributed by atoms with Gasteiger partial charge in [-0.25, -0.2) is 0 Å². The van der Waals surface area contributed by atoms with Gasteiger partial charge in [0.15, 0.2) is 0 Å². The first-order valence-corrected chi connectivity index (χ1v) is 48.7. The first kappa shape index (κ1) is 62.8. The maximum Gasteiger partial charge on any atom is 0.136 e. The summed E-state index contributed by atoms with van der Waals surface area (Å²) in [4.78, 5) is 0. The zero-order valence-corrected chi connectivity index (χ0v) is 78.0. The molecule has 3 heterocycles. The largest absolute Gasteiger partial charge is 0.456 e. The molecule has 0 unspecified atom stereocenters. The molecule has 29 aromatic carbocycles. The first-order chi connectivity index (χ1) is 82.9. The van der Waals surface area contributed by atoms with Crippen molar-refractivity contribution < 1.29 is 46.1 Å². The number of hydrogen-bond acceptors (Lipinski definition) is 3. The summed E-state index contributed by atoms with van der Waals surface area (Å²) in [6.45, 7) is 0. The van der Waals surface area contributed by atoms with Gasteiger partial charge in [-0.3, -0.25) is 0 Å². The van der Waals surface area contributed by atoms with E-state index in [9.17, 15) is 16.4 Å². The molecule has 0 saturated carbocycles. The Hall–Kier alpha value is -19.3. The zero-order valence-electron chi connectivity index (χ0n) is 102. The molecule has 0 aliphatic heterocycles. The van der Waals surface area contributed by atoms with E-state index in [1.165, 1.54) is 0 Å². The van der Waals surface area contributed by atoms with Crippen molar-refractivity contribution >= 4 is 227 Å². The predicted molar refractivity (Wildman–Crippen MR) is 627 cm³/mol. The van der Waals surface area contributed by atoms with E-state index in [1.807, 2.05) is 291 Å². The summed E-state index contributed by atoms with van der Waals surface area (Å²) in [6, 6.07) is 114.